The fourth-order valence-electron chi connectivity index (χ4n) is 2.25. The van der Waals surface area contributed by atoms with Crippen molar-refractivity contribution < 1.29 is 9.59 Å². The molecule has 2 aromatic rings. The highest BCUT2D eigenvalue weighted by molar-refractivity contribution is 9.10. The maximum Gasteiger partial charge on any atom is 0.234 e. The van der Waals surface area contributed by atoms with Crippen LogP contribution in [0.5, 0.6) is 0 Å². The number of anilines is 1. The maximum absolute atomic E-state index is 11.9. The van der Waals surface area contributed by atoms with Gasteiger partial charge in [0.25, 0.3) is 0 Å². The maximum atomic E-state index is 11.9. The average Bonchev–Trinajstić information content (AvgIpc) is 2.62. The third-order valence-corrected chi connectivity index (χ3v) is 5.18. The molecule has 0 radical (unpaired) electrons. The standard InChI is InChI=1S/C20H23BrN2O2S/c1-15-2-4-16(5-3-15)10-12-22-19(24)11-13-26-14-20(25)23-18-8-6-17(21)7-9-18/h2-9H,10-14H2,1H3,(H,22,24)(H,23,25). The number of thioether (sulfide) groups is 1. The van der Waals surface area contributed by atoms with Gasteiger partial charge in [-0.3, -0.25) is 9.59 Å². The second-order valence-corrected chi connectivity index (χ2v) is 7.96. The Bertz CT molecular complexity index is 718. The number of carbonyl (C=O) groups excluding carboxylic acids is 2. The van der Waals surface area contributed by atoms with Crippen LogP contribution in [0.4, 0.5) is 5.69 Å². The molecule has 0 saturated heterocycles. The molecular formula is C20H23BrN2O2S. The quantitative estimate of drug-likeness (QED) is 0.581. The fraction of sp³-hybridized carbons (Fsp3) is 0.300. The minimum atomic E-state index is -0.0582. The van der Waals surface area contributed by atoms with Gasteiger partial charge in [0, 0.05) is 28.9 Å². The molecule has 0 spiro atoms. The Labute approximate surface area is 167 Å². The number of hydrogen-bond acceptors (Lipinski definition) is 3. The molecule has 138 valence electrons. The summed E-state index contributed by atoms with van der Waals surface area (Å²) in [4.78, 5) is 23.7. The van der Waals surface area contributed by atoms with Crippen molar-refractivity contribution in [3.05, 3.63) is 64.1 Å². The molecule has 26 heavy (non-hydrogen) atoms. The van der Waals surface area contributed by atoms with Crippen molar-refractivity contribution in [3.8, 4) is 0 Å². The predicted octanol–water partition coefficient (Wildman–Crippen LogP) is 4.18. The normalized spacial score (nSPS) is 10.4. The monoisotopic (exact) mass is 434 g/mol. The molecule has 0 saturated carbocycles. The Morgan fingerprint density at radius 3 is 2.38 bits per heavy atom. The minimum Gasteiger partial charge on any atom is -0.356 e. The van der Waals surface area contributed by atoms with Crippen molar-refractivity contribution in [1.82, 2.24) is 5.32 Å². The molecule has 0 aromatic heterocycles. The first-order valence-corrected chi connectivity index (χ1v) is 10.4. The van der Waals surface area contributed by atoms with Gasteiger partial charge in [-0.15, -0.1) is 0 Å². The van der Waals surface area contributed by atoms with Gasteiger partial charge in [-0.2, -0.15) is 11.8 Å². The molecule has 0 aliphatic rings. The van der Waals surface area contributed by atoms with Crippen LogP contribution in [0, 0.1) is 6.92 Å². The number of aryl methyl sites for hydroxylation is 1. The lowest BCUT2D eigenvalue weighted by molar-refractivity contribution is -0.120. The summed E-state index contributed by atoms with van der Waals surface area (Å²) in [5, 5.41) is 5.75. The molecule has 0 aliphatic heterocycles. The summed E-state index contributed by atoms with van der Waals surface area (Å²) in [5.41, 5.74) is 3.22. The third kappa shape index (κ3) is 8.06. The van der Waals surface area contributed by atoms with Crippen molar-refractivity contribution in [2.45, 2.75) is 19.8 Å². The van der Waals surface area contributed by atoms with E-state index in [0.29, 0.717) is 24.5 Å². The van der Waals surface area contributed by atoms with Crippen LogP contribution >= 0.6 is 27.7 Å². The van der Waals surface area contributed by atoms with Gasteiger partial charge in [0.15, 0.2) is 0 Å². The Balaban J connectivity index is 1.54. The van der Waals surface area contributed by atoms with E-state index in [-0.39, 0.29) is 11.8 Å². The van der Waals surface area contributed by atoms with E-state index in [1.807, 2.05) is 24.3 Å². The molecule has 6 heteroatoms. The van der Waals surface area contributed by atoms with Crippen molar-refractivity contribution in [2.24, 2.45) is 0 Å². The lowest BCUT2D eigenvalue weighted by atomic mass is 10.1. The van der Waals surface area contributed by atoms with E-state index in [1.54, 1.807) is 0 Å². The van der Waals surface area contributed by atoms with Crippen molar-refractivity contribution in [1.29, 1.82) is 0 Å². The van der Waals surface area contributed by atoms with Gasteiger partial charge in [-0.25, -0.2) is 0 Å². The van der Waals surface area contributed by atoms with E-state index in [4.69, 9.17) is 0 Å². The van der Waals surface area contributed by atoms with Gasteiger partial charge < -0.3 is 10.6 Å². The van der Waals surface area contributed by atoms with E-state index in [0.717, 1.165) is 16.6 Å². The van der Waals surface area contributed by atoms with Gasteiger partial charge in [0.2, 0.25) is 11.8 Å². The summed E-state index contributed by atoms with van der Waals surface area (Å²) < 4.78 is 0.971. The zero-order valence-electron chi connectivity index (χ0n) is 14.8. The largest absolute Gasteiger partial charge is 0.356 e. The van der Waals surface area contributed by atoms with Crippen LogP contribution in [0.25, 0.3) is 0 Å². The Morgan fingerprint density at radius 1 is 1.00 bits per heavy atom. The molecule has 4 nitrogen and oxygen atoms in total. The molecule has 0 fully saturated rings. The molecule has 0 bridgehead atoms. The molecule has 0 atom stereocenters. The molecule has 2 aromatic carbocycles. The number of rotatable bonds is 9. The Hall–Kier alpha value is -1.79. The van der Waals surface area contributed by atoms with Crippen LogP contribution in [0.15, 0.2) is 53.0 Å². The zero-order chi connectivity index (χ0) is 18.8. The second kappa shape index (κ2) is 11.0. The van der Waals surface area contributed by atoms with Crippen LogP contribution in [-0.4, -0.2) is 29.9 Å². The smallest absolute Gasteiger partial charge is 0.234 e. The van der Waals surface area contributed by atoms with E-state index >= 15 is 0 Å². The van der Waals surface area contributed by atoms with Gasteiger partial charge in [-0.1, -0.05) is 45.8 Å². The number of benzene rings is 2. The number of halogens is 1. The van der Waals surface area contributed by atoms with Crippen LogP contribution < -0.4 is 10.6 Å². The summed E-state index contributed by atoms with van der Waals surface area (Å²) in [6.45, 7) is 2.69. The number of carbonyl (C=O) groups is 2. The predicted molar refractivity (Wildman–Crippen MR) is 113 cm³/mol. The molecular weight excluding hydrogens is 412 g/mol. The first-order valence-electron chi connectivity index (χ1n) is 8.48. The SMILES string of the molecule is Cc1ccc(CCNC(=O)CCSCC(=O)Nc2ccc(Br)cc2)cc1. The average molecular weight is 435 g/mol. The summed E-state index contributed by atoms with van der Waals surface area (Å²) in [5.74, 6) is 0.937. The van der Waals surface area contributed by atoms with Crippen LogP contribution in [0.1, 0.15) is 17.5 Å². The van der Waals surface area contributed by atoms with E-state index in [2.05, 4.69) is 57.8 Å². The fourth-order valence-corrected chi connectivity index (χ4v) is 3.25. The number of hydrogen-bond donors (Lipinski definition) is 2. The number of amides is 2. The molecule has 0 heterocycles. The highest BCUT2D eigenvalue weighted by Crippen LogP contribution is 2.14. The van der Waals surface area contributed by atoms with E-state index in [1.165, 1.54) is 22.9 Å². The van der Waals surface area contributed by atoms with E-state index < -0.39 is 0 Å². The first kappa shape index (κ1) is 20.5. The second-order valence-electron chi connectivity index (χ2n) is 5.94. The lowest BCUT2D eigenvalue weighted by Gasteiger charge is -2.07. The zero-order valence-corrected chi connectivity index (χ0v) is 17.2. The number of nitrogens with one attached hydrogen (secondary N) is 2. The van der Waals surface area contributed by atoms with Crippen LogP contribution in [-0.2, 0) is 16.0 Å². The summed E-state index contributed by atoms with van der Waals surface area (Å²) >= 11 is 4.82. The molecule has 2 rings (SSSR count). The van der Waals surface area contributed by atoms with Crippen molar-refractivity contribution >= 4 is 45.2 Å². The minimum absolute atomic E-state index is 0.0259. The van der Waals surface area contributed by atoms with Crippen LogP contribution in [0.3, 0.4) is 0 Å². The molecule has 2 amide bonds. The van der Waals surface area contributed by atoms with Gasteiger partial charge in [0.05, 0.1) is 5.75 Å². The summed E-state index contributed by atoms with van der Waals surface area (Å²) in [6, 6.07) is 15.8. The van der Waals surface area contributed by atoms with Gasteiger partial charge >= 0.3 is 0 Å². The topological polar surface area (TPSA) is 58.2 Å². The highest BCUT2D eigenvalue weighted by atomic mass is 79.9. The van der Waals surface area contributed by atoms with Crippen molar-refractivity contribution in [2.75, 3.05) is 23.4 Å². The molecule has 0 aliphatic carbocycles. The Kier molecular flexibility index (Phi) is 8.71. The highest BCUT2D eigenvalue weighted by Gasteiger charge is 2.05. The van der Waals surface area contributed by atoms with Crippen molar-refractivity contribution in [3.63, 3.8) is 0 Å². The molecule has 0 unspecified atom stereocenters. The van der Waals surface area contributed by atoms with E-state index in [9.17, 15) is 9.59 Å². The third-order valence-electron chi connectivity index (χ3n) is 3.69. The first-order chi connectivity index (χ1) is 12.5. The summed E-state index contributed by atoms with van der Waals surface area (Å²) in [6.07, 6.45) is 1.25. The van der Waals surface area contributed by atoms with Gasteiger partial charge in [-0.05, 0) is 43.2 Å². The Morgan fingerprint density at radius 2 is 1.69 bits per heavy atom. The molecule has 2 N–H and O–H groups in total. The van der Waals surface area contributed by atoms with Crippen LogP contribution in [0.2, 0.25) is 0 Å². The van der Waals surface area contributed by atoms with Gasteiger partial charge in [0.1, 0.15) is 0 Å². The summed E-state index contributed by atoms with van der Waals surface area (Å²) in [7, 11) is 0. The lowest BCUT2D eigenvalue weighted by Crippen LogP contribution is -2.26.